The van der Waals surface area contributed by atoms with Gasteiger partial charge in [0.05, 0.1) is 13.2 Å². The maximum atomic E-state index is 12.1. The Morgan fingerprint density at radius 1 is 1.00 bits per heavy atom. The highest BCUT2D eigenvalue weighted by atomic mass is 16.4. The first kappa shape index (κ1) is 24.3. The minimum absolute atomic E-state index is 0.267. The van der Waals surface area contributed by atoms with E-state index in [4.69, 9.17) is 21.1 Å². The Bertz CT molecular complexity index is 566. The summed E-state index contributed by atoms with van der Waals surface area (Å²) in [5.41, 5.74) is 5.32. The average molecular weight is 390 g/mol. The van der Waals surface area contributed by atoms with Gasteiger partial charge < -0.3 is 37.0 Å². The van der Waals surface area contributed by atoms with E-state index in [-0.39, 0.29) is 12.3 Å². The summed E-state index contributed by atoms with van der Waals surface area (Å²) in [6.45, 7) is 1.95. The lowest BCUT2D eigenvalue weighted by Crippen LogP contribution is -2.54. The predicted molar refractivity (Wildman–Crippen MR) is 91.3 cm³/mol. The summed E-state index contributed by atoms with van der Waals surface area (Å²) in [4.78, 5) is 57.4. The number of hydrogen-bond acceptors (Lipinski definition) is 7. The molecule has 12 heteroatoms. The number of nitrogens with one attached hydrogen (secondary N) is 3. The second-order valence-corrected chi connectivity index (χ2v) is 6.13. The number of aliphatic hydroxyl groups excluding tert-OH is 1. The van der Waals surface area contributed by atoms with Crippen LogP contribution in [0.5, 0.6) is 0 Å². The number of carbonyl (C=O) groups is 5. The van der Waals surface area contributed by atoms with E-state index in [9.17, 15) is 24.0 Å². The van der Waals surface area contributed by atoms with Crippen molar-refractivity contribution in [3.8, 4) is 0 Å². The number of aliphatic hydroxyl groups is 1. The molecule has 27 heavy (non-hydrogen) atoms. The van der Waals surface area contributed by atoms with Gasteiger partial charge >= 0.3 is 11.9 Å². The summed E-state index contributed by atoms with van der Waals surface area (Å²) in [6, 6.07) is -3.73. The predicted octanol–water partition coefficient (Wildman–Crippen LogP) is -3.00. The van der Waals surface area contributed by atoms with Crippen LogP contribution in [-0.2, 0) is 24.0 Å². The molecule has 3 unspecified atom stereocenters. The van der Waals surface area contributed by atoms with Gasteiger partial charge in [0.25, 0.3) is 0 Å². The minimum Gasteiger partial charge on any atom is -0.481 e. The first-order chi connectivity index (χ1) is 12.5. The first-order valence-electron chi connectivity index (χ1n) is 8.18. The maximum absolute atomic E-state index is 12.1. The SMILES string of the molecule is CC(C)C(NC(=O)CNC(=O)C(CCC(=O)O)NC(=O)C(N)CO)C(=O)O. The zero-order valence-electron chi connectivity index (χ0n) is 15.1. The zero-order valence-corrected chi connectivity index (χ0v) is 15.1. The molecular formula is C15H26N4O8. The molecule has 0 saturated carbocycles. The molecule has 0 aliphatic heterocycles. The normalized spacial score (nSPS) is 14.0. The molecule has 0 aliphatic carbocycles. The van der Waals surface area contributed by atoms with Crippen LogP contribution in [0.3, 0.4) is 0 Å². The molecule has 3 amide bonds. The van der Waals surface area contributed by atoms with Crippen LogP contribution in [0.4, 0.5) is 0 Å². The van der Waals surface area contributed by atoms with Crippen LogP contribution in [0.2, 0.25) is 0 Å². The summed E-state index contributed by atoms with van der Waals surface area (Å²) in [6.07, 6.45) is -0.705. The fraction of sp³-hybridized carbons (Fsp3) is 0.667. The number of amides is 3. The highest BCUT2D eigenvalue weighted by Crippen LogP contribution is 2.02. The van der Waals surface area contributed by atoms with Crippen molar-refractivity contribution in [2.75, 3.05) is 13.2 Å². The Kier molecular flexibility index (Phi) is 10.6. The van der Waals surface area contributed by atoms with Gasteiger partial charge in [0.2, 0.25) is 17.7 Å². The van der Waals surface area contributed by atoms with Crippen molar-refractivity contribution >= 4 is 29.7 Å². The van der Waals surface area contributed by atoms with Crippen LogP contribution in [0.25, 0.3) is 0 Å². The van der Waals surface area contributed by atoms with Crippen LogP contribution >= 0.6 is 0 Å². The van der Waals surface area contributed by atoms with Gasteiger partial charge in [0.1, 0.15) is 18.1 Å². The van der Waals surface area contributed by atoms with Crippen molar-refractivity contribution in [3.63, 3.8) is 0 Å². The summed E-state index contributed by atoms with van der Waals surface area (Å²) in [5, 5.41) is 33.2. The highest BCUT2D eigenvalue weighted by Gasteiger charge is 2.26. The minimum atomic E-state index is -1.30. The Morgan fingerprint density at radius 3 is 2.04 bits per heavy atom. The third-order valence-corrected chi connectivity index (χ3v) is 3.49. The number of rotatable bonds is 12. The van der Waals surface area contributed by atoms with Crippen molar-refractivity contribution in [1.82, 2.24) is 16.0 Å². The monoisotopic (exact) mass is 390 g/mol. The quantitative estimate of drug-likeness (QED) is 0.181. The smallest absolute Gasteiger partial charge is 0.326 e. The fourth-order valence-electron chi connectivity index (χ4n) is 1.93. The lowest BCUT2D eigenvalue weighted by atomic mass is 10.0. The van der Waals surface area contributed by atoms with Crippen molar-refractivity contribution in [2.45, 2.75) is 44.8 Å². The number of carbonyl (C=O) groups excluding carboxylic acids is 3. The van der Waals surface area contributed by atoms with Gasteiger partial charge in [0, 0.05) is 6.42 Å². The standard InChI is InChI=1S/C15H26N4O8/c1-7(2)12(15(26)27)19-10(21)5-17-14(25)9(3-4-11(22)23)18-13(24)8(16)6-20/h7-9,12,20H,3-6,16H2,1-2H3,(H,17,25)(H,18,24)(H,19,21)(H,22,23)(H,26,27). The van der Waals surface area contributed by atoms with E-state index in [2.05, 4.69) is 16.0 Å². The third kappa shape index (κ3) is 9.51. The van der Waals surface area contributed by atoms with E-state index in [1.54, 1.807) is 13.8 Å². The molecule has 0 heterocycles. The molecule has 0 aromatic heterocycles. The molecular weight excluding hydrogens is 364 g/mol. The molecule has 0 aromatic rings. The summed E-state index contributed by atoms with van der Waals surface area (Å²) in [7, 11) is 0. The molecule has 0 bridgehead atoms. The van der Waals surface area contributed by atoms with Gasteiger partial charge in [-0.3, -0.25) is 19.2 Å². The number of carboxylic acids is 2. The molecule has 0 aliphatic rings. The molecule has 0 rings (SSSR count). The number of nitrogens with two attached hydrogens (primary N) is 1. The van der Waals surface area contributed by atoms with Crippen LogP contribution in [-0.4, -0.2) is 76.3 Å². The topological polar surface area (TPSA) is 208 Å². The first-order valence-corrected chi connectivity index (χ1v) is 8.18. The molecule has 0 spiro atoms. The summed E-state index contributed by atoms with van der Waals surface area (Å²) >= 11 is 0. The number of carboxylic acid groups (broad SMARTS) is 2. The molecule has 0 saturated heterocycles. The maximum Gasteiger partial charge on any atom is 0.326 e. The van der Waals surface area contributed by atoms with E-state index >= 15 is 0 Å². The third-order valence-electron chi connectivity index (χ3n) is 3.49. The molecule has 0 fully saturated rings. The van der Waals surface area contributed by atoms with Crippen LogP contribution < -0.4 is 21.7 Å². The van der Waals surface area contributed by atoms with Crippen LogP contribution in [0, 0.1) is 5.92 Å². The summed E-state index contributed by atoms with van der Waals surface area (Å²) < 4.78 is 0. The van der Waals surface area contributed by atoms with Crippen molar-refractivity contribution in [2.24, 2.45) is 11.7 Å². The van der Waals surface area contributed by atoms with Crippen LogP contribution in [0.15, 0.2) is 0 Å². The van der Waals surface area contributed by atoms with E-state index in [1.807, 2.05) is 0 Å². The fourth-order valence-corrected chi connectivity index (χ4v) is 1.93. The lowest BCUT2D eigenvalue weighted by Gasteiger charge is -2.21. The second-order valence-electron chi connectivity index (χ2n) is 6.13. The van der Waals surface area contributed by atoms with Gasteiger partial charge in [-0.2, -0.15) is 0 Å². The number of aliphatic carboxylic acids is 2. The highest BCUT2D eigenvalue weighted by molar-refractivity contribution is 5.92. The lowest BCUT2D eigenvalue weighted by molar-refractivity contribution is -0.143. The number of hydrogen-bond donors (Lipinski definition) is 7. The Labute approximate surface area is 155 Å². The van der Waals surface area contributed by atoms with Gasteiger partial charge in [-0.05, 0) is 12.3 Å². The molecule has 3 atom stereocenters. The summed E-state index contributed by atoms with van der Waals surface area (Å²) in [5.74, 6) is -5.29. The van der Waals surface area contributed by atoms with E-state index < -0.39 is 67.4 Å². The zero-order chi connectivity index (χ0) is 21.1. The Morgan fingerprint density at radius 2 is 1.59 bits per heavy atom. The molecule has 0 aromatic carbocycles. The van der Waals surface area contributed by atoms with E-state index in [1.165, 1.54) is 0 Å². The van der Waals surface area contributed by atoms with Crippen molar-refractivity contribution in [1.29, 1.82) is 0 Å². The molecule has 154 valence electrons. The van der Waals surface area contributed by atoms with Gasteiger partial charge in [-0.15, -0.1) is 0 Å². The second kappa shape index (κ2) is 11.8. The van der Waals surface area contributed by atoms with Gasteiger partial charge in [-0.25, -0.2) is 4.79 Å². The van der Waals surface area contributed by atoms with Crippen LogP contribution in [0.1, 0.15) is 26.7 Å². The van der Waals surface area contributed by atoms with Crippen molar-refractivity contribution in [3.05, 3.63) is 0 Å². The Hall–Kier alpha value is -2.73. The molecule has 0 radical (unpaired) electrons. The largest absolute Gasteiger partial charge is 0.481 e. The molecule has 12 nitrogen and oxygen atoms in total. The van der Waals surface area contributed by atoms with E-state index in [0.29, 0.717) is 0 Å². The van der Waals surface area contributed by atoms with Gasteiger partial charge in [-0.1, -0.05) is 13.8 Å². The Balaban J connectivity index is 4.82. The average Bonchev–Trinajstić information content (AvgIpc) is 2.59. The van der Waals surface area contributed by atoms with Crippen molar-refractivity contribution < 1.29 is 39.3 Å². The van der Waals surface area contributed by atoms with Gasteiger partial charge in [0.15, 0.2) is 0 Å². The molecule has 8 N–H and O–H groups in total. The van der Waals surface area contributed by atoms with E-state index in [0.717, 1.165) is 0 Å².